The zero-order valence-electron chi connectivity index (χ0n) is 16.1. The lowest BCUT2D eigenvalue weighted by Gasteiger charge is -2.05. The van der Waals surface area contributed by atoms with Gasteiger partial charge in [0.2, 0.25) is 0 Å². The molecule has 0 fully saturated rings. The Morgan fingerprint density at radius 2 is 1.37 bits per heavy atom. The maximum absolute atomic E-state index is 11.5. The maximum atomic E-state index is 11.5. The fraction of sp³-hybridized carbons (Fsp3) is 0.619. The number of carbonyl (C=O) groups excluding carboxylic acids is 1. The van der Waals surface area contributed by atoms with E-state index in [1.54, 1.807) is 0 Å². The molecule has 0 radical (unpaired) electrons. The molecule has 0 amide bonds. The molecule has 0 rings (SSSR count). The fourth-order valence-corrected chi connectivity index (χ4v) is 2.04. The topological polar surface area (TPSA) is 82.1 Å². The van der Waals surface area contributed by atoms with Gasteiger partial charge in [0.05, 0.1) is 19.8 Å². The highest BCUT2D eigenvalue weighted by Gasteiger charge is 2.01. The average molecular weight is 380 g/mol. The standard InChI is InChI=1S/C21H32O6/c1-2-15-25-16-17-26-18-19-27-21(24)14-12-10-8-6-4-3-5-7-9-11-13-20(22)23/h1,5-8H,3-4,9-19H2,(H,22,23)/b7-5-,8-6-. The molecule has 0 aliphatic carbocycles. The van der Waals surface area contributed by atoms with Crippen LogP contribution in [-0.2, 0) is 23.8 Å². The Hall–Kier alpha value is -2.10. The minimum Gasteiger partial charge on any atom is -0.481 e. The van der Waals surface area contributed by atoms with Crippen LogP contribution >= 0.6 is 0 Å². The van der Waals surface area contributed by atoms with Crippen LogP contribution in [0, 0.1) is 12.3 Å². The smallest absolute Gasteiger partial charge is 0.305 e. The Labute approximate surface area is 162 Å². The molecule has 0 aliphatic rings. The van der Waals surface area contributed by atoms with E-state index in [-0.39, 0.29) is 25.6 Å². The van der Waals surface area contributed by atoms with Crippen LogP contribution in [0.2, 0.25) is 0 Å². The predicted octanol–water partition coefficient (Wildman–Crippen LogP) is 3.51. The number of terminal acetylenes is 1. The Morgan fingerprint density at radius 1 is 0.815 bits per heavy atom. The summed E-state index contributed by atoms with van der Waals surface area (Å²) in [6.07, 6.45) is 18.9. The first-order valence-electron chi connectivity index (χ1n) is 9.43. The van der Waals surface area contributed by atoms with E-state index < -0.39 is 5.97 Å². The summed E-state index contributed by atoms with van der Waals surface area (Å²) in [5, 5.41) is 8.51. The van der Waals surface area contributed by atoms with Crippen LogP contribution in [0.5, 0.6) is 0 Å². The molecule has 152 valence electrons. The largest absolute Gasteiger partial charge is 0.481 e. The highest BCUT2D eigenvalue weighted by atomic mass is 16.6. The van der Waals surface area contributed by atoms with Gasteiger partial charge in [0.1, 0.15) is 13.2 Å². The normalized spacial score (nSPS) is 11.1. The second-order valence-electron chi connectivity index (χ2n) is 5.79. The molecule has 0 spiro atoms. The van der Waals surface area contributed by atoms with Crippen molar-refractivity contribution in [2.45, 2.75) is 51.4 Å². The molecule has 1 N–H and O–H groups in total. The first-order chi connectivity index (χ1) is 13.2. The molecule has 0 aromatic rings. The Kier molecular flexibility index (Phi) is 18.6. The van der Waals surface area contributed by atoms with E-state index in [9.17, 15) is 9.59 Å². The van der Waals surface area contributed by atoms with Crippen molar-refractivity contribution in [1.82, 2.24) is 0 Å². The first kappa shape index (κ1) is 24.9. The molecule has 0 aromatic carbocycles. The first-order valence-corrected chi connectivity index (χ1v) is 9.43. The van der Waals surface area contributed by atoms with Crippen LogP contribution in [0.1, 0.15) is 51.4 Å². The summed E-state index contributed by atoms with van der Waals surface area (Å²) in [4.78, 5) is 21.9. The molecule has 0 bridgehead atoms. The summed E-state index contributed by atoms with van der Waals surface area (Å²) >= 11 is 0. The predicted molar refractivity (Wildman–Crippen MR) is 104 cm³/mol. The SMILES string of the molecule is C#CCOCCOCCOC(=O)CCC/C=C\CC/C=C\CCCC(=O)O. The Bertz CT molecular complexity index is 476. The zero-order chi connectivity index (χ0) is 20.0. The Morgan fingerprint density at radius 3 is 2.00 bits per heavy atom. The van der Waals surface area contributed by atoms with E-state index in [0.29, 0.717) is 32.7 Å². The number of carbonyl (C=O) groups is 2. The zero-order valence-corrected chi connectivity index (χ0v) is 16.1. The van der Waals surface area contributed by atoms with Crippen LogP contribution in [-0.4, -0.2) is 50.1 Å². The lowest BCUT2D eigenvalue weighted by Crippen LogP contribution is -2.12. The van der Waals surface area contributed by atoms with E-state index in [1.807, 2.05) is 6.08 Å². The summed E-state index contributed by atoms with van der Waals surface area (Å²) in [7, 11) is 0. The van der Waals surface area contributed by atoms with E-state index >= 15 is 0 Å². The number of carboxylic acids is 1. The van der Waals surface area contributed by atoms with Gasteiger partial charge in [-0.3, -0.25) is 9.59 Å². The number of allylic oxidation sites excluding steroid dienone is 4. The molecule has 0 saturated heterocycles. The molecular formula is C21H32O6. The molecule has 0 aromatic heterocycles. The van der Waals surface area contributed by atoms with Crippen molar-refractivity contribution < 1.29 is 28.9 Å². The third kappa shape index (κ3) is 21.9. The van der Waals surface area contributed by atoms with E-state index in [0.717, 1.165) is 32.1 Å². The highest BCUT2D eigenvalue weighted by Crippen LogP contribution is 2.02. The van der Waals surface area contributed by atoms with Crippen molar-refractivity contribution in [3.05, 3.63) is 24.3 Å². The number of esters is 1. The van der Waals surface area contributed by atoms with E-state index in [2.05, 4.69) is 24.1 Å². The highest BCUT2D eigenvalue weighted by molar-refractivity contribution is 5.69. The van der Waals surface area contributed by atoms with E-state index in [1.165, 1.54) is 0 Å². The molecule has 0 saturated carbocycles. The molecule has 0 atom stereocenters. The summed E-state index contributed by atoms with van der Waals surface area (Å²) in [6.45, 7) is 1.75. The number of unbranched alkanes of at least 4 members (excludes halogenated alkanes) is 3. The minimum atomic E-state index is -0.745. The number of hydrogen-bond acceptors (Lipinski definition) is 5. The molecule has 27 heavy (non-hydrogen) atoms. The number of ether oxygens (including phenoxy) is 3. The van der Waals surface area contributed by atoms with Gasteiger partial charge in [-0.25, -0.2) is 0 Å². The van der Waals surface area contributed by atoms with Crippen molar-refractivity contribution in [2.75, 3.05) is 33.0 Å². The molecule has 6 nitrogen and oxygen atoms in total. The van der Waals surface area contributed by atoms with Crippen LogP contribution in [0.4, 0.5) is 0 Å². The van der Waals surface area contributed by atoms with Gasteiger partial charge in [0, 0.05) is 12.8 Å². The fourth-order valence-electron chi connectivity index (χ4n) is 2.04. The summed E-state index contributed by atoms with van der Waals surface area (Å²) in [6, 6.07) is 0. The molecule has 0 heterocycles. The number of rotatable bonds is 18. The molecular weight excluding hydrogens is 348 g/mol. The van der Waals surface area contributed by atoms with Gasteiger partial charge in [0.25, 0.3) is 0 Å². The molecule has 6 heteroatoms. The maximum Gasteiger partial charge on any atom is 0.305 e. The minimum absolute atomic E-state index is 0.208. The lowest BCUT2D eigenvalue weighted by molar-refractivity contribution is -0.145. The monoisotopic (exact) mass is 380 g/mol. The van der Waals surface area contributed by atoms with Gasteiger partial charge < -0.3 is 19.3 Å². The number of carboxylic acid groups (broad SMARTS) is 1. The third-order valence-corrected chi connectivity index (χ3v) is 3.39. The Balaban J connectivity index is 3.35. The van der Waals surface area contributed by atoms with Crippen molar-refractivity contribution in [3.63, 3.8) is 0 Å². The van der Waals surface area contributed by atoms with Crippen LogP contribution < -0.4 is 0 Å². The quantitative estimate of drug-likeness (QED) is 0.170. The average Bonchev–Trinajstić information content (AvgIpc) is 2.64. The summed E-state index contributed by atoms with van der Waals surface area (Å²) < 4.78 is 15.4. The van der Waals surface area contributed by atoms with Crippen LogP contribution in [0.25, 0.3) is 0 Å². The van der Waals surface area contributed by atoms with Gasteiger partial charge in [-0.1, -0.05) is 30.2 Å². The van der Waals surface area contributed by atoms with Crippen LogP contribution in [0.3, 0.4) is 0 Å². The number of aliphatic carboxylic acids is 1. The second-order valence-corrected chi connectivity index (χ2v) is 5.79. The van der Waals surface area contributed by atoms with Gasteiger partial charge in [-0.15, -0.1) is 6.42 Å². The summed E-state index contributed by atoms with van der Waals surface area (Å²) in [5.41, 5.74) is 0. The molecule has 0 unspecified atom stereocenters. The summed E-state index contributed by atoms with van der Waals surface area (Å²) in [5.74, 6) is 1.41. The second kappa shape index (κ2) is 20.2. The van der Waals surface area contributed by atoms with Crippen molar-refractivity contribution in [1.29, 1.82) is 0 Å². The van der Waals surface area contributed by atoms with Crippen LogP contribution in [0.15, 0.2) is 24.3 Å². The van der Waals surface area contributed by atoms with Gasteiger partial charge >= 0.3 is 11.9 Å². The van der Waals surface area contributed by atoms with Crippen molar-refractivity contribution in [3.8, 4) is 12.3 Å². The van der Waals surface area contributed by atoms with E-state index in [4.69, 9.17) is 25.7 Å². The number of hydrogen-bond donors (Lipinski definition) is 1. The molecule has 0 aliphatic heterocycles. The van der Waals surface area contributed by atoms with Gasteiger partial charge in [-0.05, 0) is 38.5 Å². The van der Waals surface area contributed by atoms with Gasteiger partial charge in [-0.2, -0.15) is 0 Å². The third-order valence-electron chi connectivity index (χ3n) is 3.39. The van der Waals surface area contributed by atoms with Crippen molar-refractivity contribution >= 4 is 11.9 Å². The van der Waals surface area contributed by atoms with Crippen molar-refractivity contribution in [2.24, 2.45) is 0 Å². The van der Waals surface area contributed by atoms with Gasteiger partial charge in [0.15, 0.2) is 0 Å². The lowest BCUT2D eigenvalue weighted by atomic mass is 10.2.